The van der Waals surface area contributed by atoms with Gasteiger partial charge in [0.05, 0.1) is 6.04 Å². The zero-order valence-corrected chi connectivity index (χ0v) is 40.5. The molecule has 2 unspecified atom stereocenters. The van der Waals surface area contributed by atoms with Crippen LogP contribution in [-0.4, -0.2) is 6.04 Å². The molecular formula is C64H71N. The summed E-state index contributed by atoms with van der Waals surface area (Å²) in [5.41, 5.74) is 18.6. The number of nitrogens with one attached hydrogen (secondary N) is 1. The van der Waals surface area contributed by atoms with E-state index in [4.69, 9.17) is 0 Å². The second-order valence-corrected chi connectivity index (χ2v) is 18.4. The van der Waals surface area contributed by atoms with Crippen LogP contribution in [0, 0.1) is 12.3 Å². The van der Waals surface area contributed by atoms with E-state index in [1.54, 1.807) is 0 Å². The molecule has 1 fully saturated rings. The lowest BCUT2D eigenvalue weighted by molar-refractivity contribution is 0.539. The van der Waals surface area contributed by atoms with E-state index in [-0.39, 0.29) is 17.4 Å². The van der Waals surface area contributed by atoms with Gasteiger partial charge in [-0.3, -0.25) is 0 Å². The number of aryl methyl sites for hydroxylation is 1. The fraction of sp³-hybridized carbons (Fsp3) is 0.281. The maximum Gasteiger partial charge on any atom is 0.0551 e. The van der Waals surface area contributed by atoms with Crippen LogP contribution in [0.3, 0.4) is 0 Å². The van der Waals surface area contributed by atoms with E-state index in [1.165, 1.54) is 107 Å². The van der Waals surface area contributed by atoms with Gasteiger partial charge in [0.2, 0.25) is 0 Å². The van der Waals surface area contributed by atoms with Crippen molar-refractivity contribution in [1.82, 2.24) is 5.32 Å². The molecule has 5 aliphatic rings. The van der Waals surface area contributed by atoms with Crippen LogP contribution in [0.15, 0.2) is 205 Å². The first kappa shape index (κ1) is 46.8. The highest BCUT2D eigenvalue weighted by Gasteiger charge is 2.43. The Morgan fingerprint density at radius 2 is 1.55 bits per heavy atom. The van der Waals surface area contributed by atoms with Crippen LogP contribution in [0.4, 0.5) is 0 Å². The largest absolute Gasteiger partial charge is 0.381 e. The standard InChI is InChI=1S/C35H39N.C27H26.C2H6/c1-6-11-29-31-22-30(27-18-16-26(17-19-27)25-12-9-8-10-13-25)34(36-28-20-14-24(3)15-21-28)23-33(31)35(4,5)32(29)7-2;1-19(24-18-17-23-13-7-8-14-25(23)21(24)3)20(2)26-15-9-10-16-27(26)22-11-5-4-6-12-22;1-2/h6-7,9,11-14,16-20,22-23,30,34,36H,1,8,10,15,21H2,2-5H3;5,7-11,13-18H,1,4,6,12H2,2-3H3;1-2H3/b29-11-,32-7+;26-20-,27-22-;. The maximum atomic E-state index is 4.49. The van der Waals surface area contributed by atoms with Crippen molar-refractivity contribution in [2.45, 2.75) is 112 Å². The van der Waals surface area contributed by atoms with Gasteiger partial charge in [0.25, 0.3) is 0 Å². The average molecular weight is 854 g/mol. The normalized spacial score (nSPS) is 22.2. The molecule has 0 aliphatic heterocycles. The molecule has 0 bridgehead atoms. The van der Waals surface area contributed by atoms with E-state index in [0.717, 1.165) is 37.7 Å². The highest BCUT2D eigenvalue weighted by Crippen LogP contribution is 2.56. The van der Waals surface area contributed by atoms with Crippen LogP contribution in [0.5, 0.6) is 0 Å². The topological polar surface area (TPSA) is 12.0 Å². The smallest absolute Gasteiger partial charge is 0.0551 e. The SMILES string of the molecule is C=C(/C(C)=c1/cccc/c1=C1\C=CCCC1)c1ccc2ccccc2c1C.C=C/C=C1/C2=CC(c3ccc(C4=CCCC=C4)cc3)C(NC3=CC=C(C)CC3)C=C2C(C)(C)/C1=C/C.CC. The maximum absolute atomic E-state index is 4.49. The molecule has 1 saturated carbocycles. The van der Waals surface area contributed by atoms with Crippen LogP contribution in [0.2, 0.25) is 0 Å². The van der Waals surface area contributed by atoms with Crippen molar-refractivity contribution < 1.29 is 0 Å². The molecule has 9 rings (SSSR count). The molecule has 4 aromatic carbocycles. The third kappa shape index (κ3) is 10.1. The fourth-order valence-electron chi connectivity index (χ4n) is 10.4. The Labute approximate surface area is 391 Å². The minimum absolute atomic E-state index is 0.0264. The van der Waals surface area contributed by atoms with Crippen molar-refractivity contribution in [3.05, 3.63) is 237 Å². The van der Waals surface area contributed by atoms with E-state index >= 15 is 0 Å². The summed E-state index contributed by atoms with van der Waals surface area (Å²) in [4.78, 5) is 0. The second-order valence-electron chi connectivity index (χ2n) is 18.4. The van der Waals surface area contributed by atoms with Gasteiger partial charge < -0.3 is 5.32 Å². The number of rotatable bonds is 7. The Hall–Kier alpha value is -6.18. The molecule has 65 heavy (non-hydrogen) atoms. The first-order valence-electron chi connectivity index (χ1n) is 24.3. The van der Waals surface area contributed by atoms with Crippen LogP contribution in [0.1, 0.15) is 122 Å². The quantitative estimate of drug-likeness (QED) is 0.195. The summed E-state index contributed by atoms with van der Waals surface area (Å²) < 4.78 is 0. The average Bonchev–Trinajstić information content (AvgIpc) is 3.56. The van der Waals surface area contributed by atoms with Gasteiger partial charge in [-0.1, -0.05) is 198 Å². The van der Waals surface area contributed by atoms with Crippen molar-refractivity contribution in [3.63, 3.8) is 0 Å². The van der Waals surface area contributed by atoms with Gasteiger partial charge in [0.15, 0.2) is 0 Å². The Morgan fingerprint density at radius 1 is 0.800 bits per heavy atom. The fourth-order valence-corrected chi connectivity index (χ4v) is 10.4. The van der Waals surface area contributed by atoms with Crippen LogP contribution >= 0.6 is 0 Å². The van der Waals surface area contributed by atoms with E-state index in [1.807, 2.05) is 19.9 Å². The summed E-state index contributed by atoms with van der Waals surface area (Å²) in [7, 11) is 0. The zero-order valence-electron chi connectivity index (χ0n) is 40.5. The minimum Gasteiger partial charge on any atom is -0.381 e. The number of benzene rings is 4. The van der Waals surface area contributed by atoms with Crippen molar-refractivity contribution in [1.29, 1.82) is 0 Å². The molecule has 1 N–H and O–H groups in total. The first-order chi connectivity index (χ1) is 31.6. The van der Waals surface area contributed by atoms with Gasteiger partial charge in [0.1, 0.15) is 0 Å². The van der Waals surface area contributed by atoms with Gasteiger partial charge in [-0.15, -0.1) is 0 Å². The molecule has 4 aromatic rings. The molecule has 0 radical (unpaired) electrons. The molecule has 0 amide bonds. The lowest BCUT2D eigenvalue weighted by Gasteiger charge is -2.33. The molecule has 0 heterocycles. The zero-order chi connectivity index (χ0) is 46.1. The summed E-state index contributed by atoms with van der Waals surface area (Å²) in [6.45, 7) is 26.0. The monoisotopic (exact) mass is 854 g/mol. The Bertz CT molecular complexity index is 2860. The number of allylic oxidation sites excluding steroid dienone is 18. The summed E-state index contributed by atoms with van der Waals surface area (Å²) >= 11 is 0. The molecule has 5 aliphatic carbocycles. The molecular weight excluding hydrogens is 783 g/mol. The molecule has 1 heteroatoms. The predicted molar refractivity (Wildman–Crippen MR) is 286 cm³/mol. The van der Waals surface area contributed by atoms with E-state index in [0.29, 0.717) is 0 Å². The lowest BCUT2D eigenvalue weighted by Crippen LogP contribution is -2.35. The number of fused-ring (bicyclic) bond motifs is 2. The minimum atomic E-state index is -0.0264. The third-order valence-electron chi connectivity index (χ3n) is 14.0. The molecule has 0 saturated heterocycles. The molecule has 1 nitrogen and oxygen atoms in total. The van der Waals surface area contributed by atoms with Crippen molar-refractivity contribution in [3.8, 4) is 0 Å². The lowest BCUT2D eigenvalue weighted by atomic mass is 9.76. The number of hydrogen-bond donors (Lipinski definition) is 1. The summed E-state index contributed by atoms with van der Waals surface area (Å²) in [6.07, 6.45) is 35.5. The summed E-state index contributed by atoms with van der Waals surface area (Å²) in [6, 6.07) is 31.3. The first-order valence-corrected chi connectivity index (χ1v) is 24.3. The Balaban J connectivity index is 0.000000194. The molecule has 0 aromatic heterocycles. The predicted octanol–water partition coefficient (Wildman–Crippen LogP) is 16.0. The highest BCUT2D eigenvalue weighted by molar-refractivity contribution is 6.00. The Kier molecular flexibility index (Phi) is 15.3. The van der Waals surface area contributed by atoms with E-state index in [2.05, 4.69) is 212 Å². The van der Waals surface area contributed by atoms with Crippen LogP contribution in [-0.2, 0) is 0 Å². The highest BCUT2D eigenvalue weighted by atomic mass is 14.9. The summed E-state index contributed by atoms with van der Waals surface area (Å²) in [5.74, 6) is 0.252. The Morgan fingerprint density at radius 3 is 2.25 bits per heavy atom. The third-order valence-corrected chi connectivity index (χ3v) is 14.0. The van der Waals surface area contributed by atoms with Crippen LogP contribution < -0.4 is 15.8 Å². The van der Waals surface area contributed by atoms with Crippen molar-refractivity contribution >= 4 is 33.1 Å². The summed E-state index contributed by atoms with van der Waals surface area (Å²) in [5, 5.41) is 9.20. The second kappa shape index (κ2) is 21.2. The molecule has 332 valence electrons. The van der Waals surface area contributed by atoms with Crippen molar-refractivity contribution in [2.75, 3.05) is 0 Å². The van der Waals surface area contributed by atoms with Crippen LogP contribution in [0.25, 0.3) is 33.1 Å². The van der Waals surface area contributed by atoms with Gasteiger partial charge in [-0.05, 0) is 167 Å². The van der Waals surface area contributed by atoms with E-state index in [9.17, 15) is 0 Å². The number of hydrogen-bond acceptors (Lipinski definition) is 1. The van der Waals surface area contributed by atoms with Gasteiger partial charge >= 0.3 is 0 Å². The molecule has 0 spiro atoms. The van der Waals surface area contributed by atoms with Gasteiger partial charge in [-0.2, -0.15) is 0 Å². The van der Waals surface area contributed by atoms with Crippen molar-refractivity contribution in [2.24, 2.45) is 5.41 Å². The molecule has 2 atom stereocenters. The van der Waals surface area contributed by atoms with Gasteiger partial charge in [-0.25, -0.2) is 0 Å². The van der Waals surface area contributed by atoms with Gasteiger partial charge in [0, 0.05) is 17.0 Å². The van der Waals surface area contributed by atoms with E-state index < -0.39 is 0 Å².